The van der Waals surface area contributed by atoms with Crippen LogP contribution in [-0.4, -0.2) is 18.2 Å². The van der Waals surface area contributed by atoms with Gasteiger partial charge < -0.3 is 9.47 Å². The van der Waals surface area contributed by atoms with Crippen molar-refractivity contribution in [1.82, 2.24) is 0 Å². The number of ether oxygens (including phenoxy) is 2. The molecule has 0 aromatic carbocycles. The Kier molecular flexibility index (Phi) is 5.20. The molecule has 18 heavy (non-hydrogen) atoms. The molecule has 0 saturated carbocycles. The van der Waals surface area contributed by atoms with Gasteiger partial charge in [0.15, 0.2) is 0 Å². The molecule has 0 spiro atoms. The van der Waals surface area contributed by atoms with Crippen LogP contribution in [0.5, 0.6) is 0 Å². The molecule has 3 nitrogen and oxygen atoms in total. The predicted octanol–water partition coefficient (Wildman–Crippen LogP) is 3.52. The average Bonchev–Trinajstić information content (AvgIpc) is 2.68. The van der Waals surface area contributed by atoms with E-state index in [-0.39, 0.29) is 18.2 Å². The summed E-state index contributed by atoms with van der Waals surface area (Å²) in [6.07, 6.45) is 3.56. The van der Waals surface area contributed by atoms with Crippen molar-refractivity contribution in [2.45, 2.75) is 52.2 Å². The van der Waals surface area contributed by atoms with Crippen LogP contribution < -0.4 is 0 Å². The fourth-order valence-corrected chi connectivity index (χ4v) is 1.76. The normalized spacial score (nSPS) is 18.8. The minimum Gasteiger partial charge on any atom is -0.490 e. The molecule has 100 valence electrons. The zero-order valence-electron chi connectivity index (χ0n) is 11.5. The molecule has 0 aliphatic carbocycles. The van der Waals surface area contributed by atoms with Crippen LogP contribution in [0.25, 0.3) is 0 Å². The summed E-state index contributed by atoms with van der Waals surface area (Å²) in [5.74, 6) is 0.458. The van der Waals surface area contributed by atoms with Crippen LogP contribution in [0.15, 0.2) is 36.1 Å². The van der Waals surface area contributed by atoms with Gasteiger partial charge in [0.25, 0.3) is 0 Å². The maximum Gasteiger partial charge on any atom is 0.337 e. The molecule has 0 amide bonds. The summed E-state index contributed by atoms with van der Waals surface area (Å²) >= 11 is 0. The minimum atomic E-state index is -0.272. The first-order valence-electron chi connectivity index (χ1n) is 6.30. The smallest absolute Gasteiger partial charge is 0.337 e. The average molecular weight is 250 g/mol. The van der Waals surface area contributed by atoms with E-state index >= 15 is 0 Å². The van der Waals surface area contributed by atoms with Crippen LogP contribution in [0.4, 0.5) is 0 Å². The Morgan fingerprint density at radius 3 is 2.78 bits per heavy atom. The molecule has 1 atom stereocenters. The topological polar surface area (TPSA) is 35.5 Å². The quantitative estimate of drug-likeness (QED) is 0.534. The lowest BCUT2D eigenvalue weighted by Gasteiger charge is -2.09. The fraction of sp³-hybridized carbons (Fsp3) is 0.533. The lowest BCUT2D eigenvalue weighted by Crippen LogP contribution is -2.14. The fourth-order valence-electron chi connectivity index (χ4n) is 1.76. The predicted molar refractivity (Wildman–Crippen MR) is 72.0 cm³/mol. The van der Waals surface area contributed by atoms with Crippen molar-refractivity contribution < 1.29 is 14.3 Å². The number of hydrogen-bond acceptors (Lipinski definition) is 3. The van der Waals surface area contributed by atoms with Gasteiger partial charge in [-0.3, -0.25) is 0 Å². The minimum absolute atomic E-state index is 0.111. The molecule has 0 aromatic rings. The van der Waals surface area contributed by atoms with Crippen molar-refractivity contribution in [2.24, 2.45) is 0 Å². The molecule has 0 fully saturated rings. The number of esters is 1. The van der Waals surface area contributed by atoms with Crippen molar-refractivity contribution in [2.75, 3.05) is 0 Å². The van der Waals surface area contributed by atoms with Gasteiger partial charge in [-0.15, -0.1) is 6.58 Å². The van der Waals surface area contributed by atoms with Crippen LogP contribution in [0.1, 0.15) is 40.0 Å². The van der Waals surface area contributed by atoms with E-state index in [1.165, 1.54) is 0 Å². The molecule has 1 aliphatic heterocycles. The van der Waals surface area contributed by atoms with E-state index in [0.717, 1.165) is 17.8 Å². The zero-order valence-corrected chi connectivity index (χ0v) is 11.5. The number of carbonyl (C=O) groups is 1. The summed E-state index contributed by atoms with van der Waals surface area (Å²) < 4.78 is 10.9. The maximum absolute atomic E-state index is 12.0. The highest BCUT2D eigenvalue weighted by atomic mass is 16.5. The monoisotopic (exact) mass is 250 g/mol. The van der Waals surface area contributed by atoms with E-state index in [4.69, 9.17) is 9.47 Å². The molecule has 1 rings (SSSR count). The second kappa shape index (κ2) is 6.43. The summed E-state index contributed by atoms with van der Waals surface area (Å²) in [6, 6.07) is 0. The maximum atomic E-state index is 12.0. The molecular formula is C15H22O3. The Hall–Kier alpha value is -1.51. The number of allylic oxidation sites excluding steroid dienone is 2. The second-order valence-corrected chi connectivity index (χ2v) is 4.91. The van der Waals surface area contributed by atoms with E-state index in [0.29, 0.717) is 18.4 Å². The molecule has 0 radical (unpaired) electrons. The summed E-state index contributed by atoms with van der Waals surface area (Å²) in [7, 11) is 0. The van der Waals surface area contributed by atoms with E-state index in [2.05, 4.69) is 13.2 Å². The Bertz CT molecular complexity index is 377. The van der Waals surface area contributed by atoms with Gasteiger partial charge in [-0.05, 0) is 27.2 Å². The Morgan fingerprint density at radius 1 is 1.61 bits per heavy atom. The van der Waals surface area contributed by atoms with Crippen molar-refractivity contribution in [3.05, 3.63) is 36.1 Å². The van der Waals surface area contributed by atoms with E-state index in [1.807, 2.05) is 20.8 Å². The Morgan fingerprint density at radius 2 is 2.28 bits per heavy atom. The second-order valence-electron chi connectivity index (χ2n) is 4.91. The van der Waals surface area contributed by atoms with Gasteiger partial charge in [0, 0.05) is 12.8 Å². The van der Waals surface area contributed by atoms with Gasteiger partial charge >= 0.3 is 5.97 Å². The van der Waals surface area contributed by atoms with Crippen molar-refractivity contribution in [3.63, 3.8) is 0 Å². The van der Waals surface area contributed by atoms with E-state index in [9.17, 15) is 4.79 Å². The molecule has 0 aromatic heterocycles. The third-order valence-corrected chi connectivity index (χ3v) is 2.67. The molecular weight excluding hydrogens is 228 g/mol. The molecule has 1 heterocycles. The molecule has 0 bridgehead atoms. The molecule has 0 saturated heterocycles. The standard InChI is InChI=1S/C15H22O3/c1-6-12-9-13(15(16)17-11(4)5)14(18-12)8-7-10(2)3/h6,11-12H,1-2,7-9H2,3-5H3. The van der Waals surface area contributed by atoms with Crippen molar-refractivity contribution >= 4 is 5.97 Å². The van der Waals surface area contributed by atoms with Gasteiger partial charge in [0.05, 0.1) is 11.7 Å². The van der Waals surface area contributed by atoms with Crippen LogP contribution in [-0.2, 0) is 14.3 Å². The summed E-state index contributed by atoms with van der Waals surface area (Å²) in [5, 5.41) is 0. The summed E-state index contributed by atoms with van der Waals surface area (Å²) in [5.41, 5.74) is 1.72. The van der Waals surface area contributed by atoms with Crippen LogP contribution in [0.3, 0.4) is 0 Å². The van der Waals surface area contributed by atoms with Crippen molar-refractivity contribution in [3.8, 4) is 0 Å². The van der Waals surface area contributed by atoms with E-state index < -0.39 is 0 Å². The Labute approximate surface area is 109 Å². The lowest BCUT2D eigenvalue weighted by molar-refractivity contribution is -0.142. The van der Waals surface area contributed by atoms with Gasteiger partial charge in [-0.25, -0.2) is 4.79 Å². The third-order valence-electron chi connectivity index (χ3n) is 2.67. The molecule has 0 N–H and O–H groups in total. The number of rotatable bonds is 6. The molecule has 1 aliphatic rings. The first-order valence-corrected chi connectivity index (χ1v) is 6.30. The Balaban J connectivity index is 2.77. The summed E-state index contributed by atoms with van der Waals surface area (Å²) in [6.45, 7) is 13.2. The SMILES string of the molecule is C=CC1CC(C(=O)OC(C)C)=C(CCC(=C)C)O1. The molecule has 1 unspecified atom stereocenters. The van der Waals surface area contributed by atoms with Gasteiger partial charge in [0.1, 0.15) is 11.9 Å². The summed E-state index contributed by atoms with van der Waals surface area (Å²) in [4.78, 5) is 12.0. The highest BCUT2D eigenvalue weighted by Gasteiger charge is 2.29. The number of carbonyl (C=O) groups excluding carboxylic acids is 1. The molecule has 3 heteroatoms. The highest BCUT2D eigenvalue weighted by Crippen LogP contribution is 2.30. The van der Waals surface area contributed by atoms with Crippen molar-refractivity contribution in [1.29, 1.82) is 0 Å². The van der Waals surface area contributed by atoms with Crippen LogP contribution in [0, 0.1) is 0 Å². The van der Waals surface area contributed by atoms with Gasteiger partial charge in [0.2, 0.25) is 0 Å². The zero-order chi connectivity index (χ0) is 13.7. The van der Waals surface area contributed by atoms with Gasteiger partial charge in [-0.1, -0.05) is 18.2 Å². The van der Waals surface area contributed by atoms with Crippen LogP contribution >= 0.6 is 0 Å². The third kappa shape index (κ3) is 4.06. The van der Waals surface area contributed by atoms with E-state index in [1.54, 1.807) is 6.08 Å². The van der Waals surface area contributed by atoms with Crippen LogP contribution in [0.2, 0.25) is 0 Å². The number of hydrogen-bond donors (Lipinski definition) is 0. The first-order chi connectivity index (χ1) is 8.43. The lowest BCUT2D eigenvalue weighted by atomic mass is 10.1. The largest absolute Gasteiger partial charge is 0.490 e. The highest BCUT2D eigenvalue weighted by molar-refractivity contribution is 5.89. The first kappa shape index (κ1) is 14.6. The van der Waals surface area contributed by atoms with Gasteiger partial charge in [-0.2, -0.15) is 0 Å².